The number of nitrogens with zero attached hydrogens (tertiary/aromatic N) is 1. The number of rotatable bonds is 5. The van der Waals surface area contributed by atoms with Gasteiger partial charge in [0.15, 0.2) is 0 Å². The van der Waals surface area contributed by atoms with Crippen molar-refractivity contribution < 1.29 is 0 Å². The molecule has 1 N–H and O–H groups in total. The third-order valence-electron chi connectivity index (χ3n) is 3.85. The highest BCUT2D eigenvalue weighted by molar-refractivity contribution is 7.07. The average molecular weight is 238 g/mol. The van der Waals surface area contributed by atoms with Crippen molar-refractivity contribution in [1.29, 1.82) is 0 Å². The van der Waals surface area contributed by atoms with Gasteiger partial charge in [-0.3, -0.25) is 0 Å². The summed E-state index contributed by atoms with van der Waals surface area (Å²) in [5.74, 6) is 0. The predicted molar refractivity (Wildman–Crippen MR) is 70.9 cm³/mol. The van der Waals surface area contributed by atoms with Gasteiger partial charge in [-0.1, -0.05) is 12.8 Å². The van der Waals surface area contributed by atoms with Crippen molar-refractivity contribution in [1.82, 2.24) is 10.2 Å². The summed E-state index contributed by atoms with van der Waals surface area (Å²) >= 11 is 1.78. The van der Waals surface area contributed by atoms with Crippen LogP contribution in [0.2, 0.25) is 0 Å². The van der Waals surface area contributed by atoms with E-state index >= 15 is 0 Å². The van der Waals surface area contributed by atoms with Crippen LogP contribution in [0.4, 0.5) is 0 Å². The third-order valence-corrected chi connectivity index (χ3v) is 4.58. The quantitative estimate of drug-likeness (QED) is 0.848. The molecule has 2 nitrogen and oxygen atoms in total. The Balaban J connectivity index is 1.83. The Morgan fingerprint density at radius 3 is 2.69 bits per heavy atom. The fraction of sp³-hybridized carbons (Fsp3) is 0.692. The van der Waals surface area contributed by atoms with Crippen molar-refractivity contribution in [3.63, 3.8) is 0 Å². The monoisotopic (exact) mass is 238 g/mol. The molecule has 0 radical (unpaired) electrons. The Labute approximate surface area is 103 Å². The van der Waals surface area contributed by atoms with E-state index in [-0.39, 0.29) is 0 Å². The fourth-order valence-electron chi connectivity index (χ4n) is 2.65. The predicted octanol–water partition coefficient (Wildman–Crippen LogP) is 2.71. The molecule has 3 heteroatoms. The van der Waals surface area contributed by atoms with Crippen molar-refractivity contribution in [2.45, 2.75) is 37.8 Å². The Morgan fingerprint density at radius 2 is 2.12 bits per heavy atom. The topological polar surface area (TPSA) is 15.3 Å². The summed E-state index contributed by atoms with van der Waals surface area (Å²) < 4.78 is 0. The molecule has 0 saturated heterocycles. The van der Waals surface area contributed by atoms with Crippen LogP contribution < -0.4 is 5.32 Å². The highest BCUT2D eigenvalue weighted by atomic mass is 32.1. The van der Waals surface area contributed by atoms with Crippen LogP contribution in [0.15, 0.2) is 16.8 Å². The molecule has 2 rings (SSSR count). The van der Waals surface area contributed by atoms with Gasteiger partial charge < -0.3 is 10.2 Å². The fourth-order valence-corrected chi connectivity index (χ4v) is 3.32. The molecule has 0 amide bonds. The van der Waals surface area contributed by atoms with Crippen molar-refractivity contribution in [2.24, 2.45) is 0 Å². The number of hydrogen-bond donors (Lipinski definition) is 1. The minimum absolute atomic E-state index is 0.413. The van der Waals surface area contributed by atoms with Gasteiger partial charge in [0.2, 0.25) is 0 Å². The van der Waals surface area contributed by atoms with Crippen LogP contribution >= 0.6 is 11.3 Å². The molecule has 1 fully saturated rings. The van der Waals surface area contributed by atoms with Crippen LogP contribution in [0.1, 0.15) is 31.2 Å². The van der Waals surface area contributed by atoms with Crippen LogP contribution in [0.5, 0.6) is 0 Å². The molecule has 0 unspecified atom stereocenters. The molecule has 1 heterocycles. The van der Waals surface area contributed by atoms with E-state index in [0.29, 0.717) is 5.54 Å². The SMILES string of the molecule is CN(C)C1(CNCc2ccsc2)CCCC1. The van der Waals surface area contributed by atoms with E-state index < -0.39 is 0 Å². The molecular formula is C13H22N2S. The second kappa shape index (κ2) is 5.30. The van der Waals surface area contributed by atoms with Crippen LogP contribution in [-0.4, -0.2) is 31.1 Å². The molecule has 0 bridgehead atoms. The lowest BCUT2D eigenvalue weighted by Gasteiger charge is -2.36. The summed E-state index contributed by atoms with van der Waals surface area (Å²) in [5, 5.41) is 7.99. The van der Waals surface area contributed by atoms with Crippen LogP contribution in [-0.2, 0) is 6.54 Å². The molecule has 90 valence electrons. The minimum atomic E-state index is 0.413. The molecule has 0 atom stereocenters. The van der Waals surface area contributed by atoms with E-state index in [4.69, 9.17) is 0 Å². The van der Waals surface area contributed by atoms with E-state index in [0.717, 1.165) is 13.1 Å². The maximum atomic E-state index is 3.62. The summed E-state index contributed by atoms with van der Waals surface area (Å²) in [7, 11) is 4.44. The summed E-state index contributed by atoms with van der Waals surface area (Å²) in [6.07, 6.45) is 5.46. The summed E-state index contributed by atoms with van der Waals surface area (Å²) in [4.78, 5) is 2.42. The lowest BCUT2D eigenvalue weighted by atomic mass is 9.96. The number of hydrogen-bond acceptors (Lipinski definition) is 3. The largest absolute Gasteiger partial charge is 0.311 e. The van der Waals surface area contributed by atoms with Gasteiger partial charge in [-0.15, -0.1) is 0 Å². The van der Waals surface area contributed by atoms with Gasteiger partial charge >= 0.3 is 0 Å². The highest BCUT2D eigenvalue weighted by Gasteiger charge is 2.35. The van der Waals surface area contributed by atoms with Gasteiger partial charge in [0.05, 0.1) is 0 Å². The molecule has 1 aromatic heterocycles. The first kappa shape index (κ1) is 12.1. The first-order valence-corrected chi connectivity index (χ1v) is 7.06. The summed E-state index contributed by atoms with van der Waals surface area (Å²) in [6.45, 7) is 2.13. The Hall–Kier alpha value is -0.380. The van der Waals surface area contributed by atoms with E-state index in [1.165, 1.54) is 31.2 Å². The Bertz CT molecular complexity index is 300. The van der Waals surface area contributed by atoms with Gasteiger partial charge in [-0.2, -0.15) is 11.3 Å². The van der Waals surface area contributed by atoms with E-state index in [9.17, 15) is 0 Å². The van der Waals surface area contributed by atoms with Gasteiger partial charge in [0, 0.05) is 18.6 Å². The summed E-state index contributed by atoms with van der Waals surface area (Å²) in [6, 6.07) is 2.20. The molecule has 1 aliphatic rings. The number of likely N-dealkylation sites (N-methyl/N-ethyl adjacent to an activating group) is 1. The zero-order valence-corrected chi connectivity index (χ0v) is 11.1. The zero-order valence-electron chi connectivity index (χ0n) is 10.3. The molecule has 1 saturated carbocycles. The van der Waals surface area contributed by atoms with E-state index in [2.05, 4.69) is 41.1 Å². The second-order valence-electron chi connectivity index (χ2n) is 5.06. The zero-order chi connectivity index (χ0) is 11.4. The van der Waals surface area contributed by atoms with Crippen molar-refractivity contribution >= 4 is 11.3 Å². The standard InChI is InChI=1S/C13H22N2S/c1-15(2)13(6-3-4-7-13)11-14-9-12-5-8-16-10-12/h5,8,10,14H,3-4,6-7,9,11H2,1-2H3. The van der Waals surface area contributed by atoms with Gasteiger partial charge in [-0.05, 0) is 49.3 Å². The van der Waals surface area contributed by atoms with Crippen LogP contribution in [0.3, 0.4) is 0 Å². The third kappa shape index (κ3) is 2.65. The van der Waals surface area contributed by atoms with E-state index in [1.54, 1.807) is 11.3 Å². The molecule has 1 aliphatic carbocycles. The normalized spacial score (nSPS) is 19.4. The van der Waals surface area contributed by atoms with Crippen LogP contribution in [0.25, 0.3) is 0 Å². The van der Waals surface area contributed by atoms with Crippen LogP contribution in [0, 0.1) is 0 Å². The molecule has 0 aromatic carbocycles. The Morgan fingerprint density at radius 1 is 1.38 bits per heavy atom. The first-order chi connectivity index (χ1) is 7.73. The van der Waals surface area contributed by atoms with E-state index in [1.807, 2.05) is 0 Å². The highest BCUT2D eigenvalue weighted by Crippen LogP contribution is 2.33. The maximum absolute atomic E-state index is 3.62. The minimum Gasteiger partial charge on any atom is -0.311 e. The molecule has 16 heavy (non-hydrogen) atoms. The Kier molecular flexibility index (Phi) is 4.00. The number of nitrogens with one attached hydrogen (secondary N) is 1. The average Bonchev–Trinajstić information content (AvgIpc) is 2.88. The van der Waals surface area contributed by atoms with Gasteiger partial charge in [-0.25, -0.2) is 0 Å². The van der Waals surface area contributed by atoms with Crippen molar-refractivity contribution in [3.8, 4) is 0 Å². The maximum Gasteiger partial charge on any atom is 0.0328 e. The molecule has 1 aromatic rings. The van der Waals surface area contributed by atoms with Crippen molar-refractivity contribution in [2.75, 3.05) is 20.6 Å². The smallest absolute Gasteiger partial charge is 0.0328 e. The van der Waals surface area contributed by atoms with Crippen molar-refractivity contribution in [3.05, 3.63) is 22.4 Å². The lowest BCUT2D eigenvalue weighted by molar-refractivity contribution is 0.153. The second-order valence-corrected chi connectivity index (χ2v) is 5.84. The molecular weight excluding hydrogens is 216 g/mol. The van der Waals surface area contributed by atoms with Gasteiger partial charge in [0.1, 0.15) is 0 Å². The first-order valence-electron chi connectivity index (χ1n) is 6.12. The molecule has 0 aliphatic heterocycles. The van der Waals surface area contributed by atoms with Gasteiger partial charge in [0.25, 0.3) is 0 Å². The lowest BCUT2D eigenvalue weighted by Crippen LogP contribution is -2.49. The number of thiophene rings is 1. The summed E-state index contributed by atoms with van der Waals surface area (Å²) in [5.41, 5.74) is 1.83. The molecule has 0 spiro atoms.